The first-order valence-electron chi connectivity index (χ1n) is 13.4. The summed E-state index contributed by atoms with van der Waals surface area (Å²) >= 11 is 0. The SMILES string of the molecule is CCCCCc1cc(C2(c3ccc(O)c(CCCCC)c3)CC(C)CC(C)(C)C2)ccc1O. The summed E-state index contributed by atoms with van der Waals surface area (Å²) in [7, 11) is 0. The Hall–Kier alpha value is -1.96. The number of aryl methyl sites for hydroxylation is 2. The molecule has 1 unspecified atom stereocenters. The topological polar surface area (TPSA) is 40.5 Å². The van der Waals surface area contributed by atoms with E-state index in [1.165, 1.54) is 43.2 Å². The van der Waals surface area contributed by atoms with Crippen LogP contribution in [0.2, 0.25) is 0 Å². The fourth-order valence-corrected chi connectivity index (χ4v) is 6.48. The molecule has 2 N–H and O–H groups in total. The van der Waals surface area contributed by atoms with E-state index in [4.69, 9.17) is 0 Å². The van der Waals surface area contributed by atoms with E-state index in [1.54, 1.807) is 0 Å². The van der Waals surface area contributed by atoms with Crippen LogP contribution in [0.25, 0.3) is 0 Å². The molecule has 1 aliphatic rings. The van der Waals surface area contributed by atoms with E-state index < -0.39 is 0 Å². The highest BCUT2D eigenvalue weighted by Gasteiger charge is 2.45. The number of phenolic OH excluding ortho intramolecular Hbond substituents is 2. The fraction of sp³-hybridized carbons (Fsp3) is 0.613. The third kappa shape index (κ3) is 6.14. The van der Waals surface area contributed by atoms with Crippen LogP contribution in [0.15, 0.2) is 36.4 Å². The average molecular weight is 451 g/mol. The van der Waals surface area contributed by atoms with Crippen LogP contribution in [0.5, 0.6) is 11.5 Å². The molecule has 2 aromatic rings. The molecule has 0 spiro atoms. The van der Waals surface area contributed by atoms with E-state index in [0.29, 0.717) is 17.4 Å². The molecule has 0 aliphatic heterocycles. The lowest BCUT2D eigenvalue weighted by Gasteiger charge is -2.49. The van der Waals surface area contributed by atoms with E-state index in [2.05, 4.69) is 58.9 Å². The quantitative estimate of drug-likeness (QED) is 0.355. The zero-order valence-electron chi connectivity index (χ0n) is 21.7. The number of hydrogen-bond acceptors (Lipinski definition) is 2. The molecule has 1 fully saturated rings. The lowest BCUT2D eigenvalue weighted by Crippen LogP contribution is -2.41. The number of benzene rings is 2. The highest BCUT2D eigenvalue weighted by atomic mass is 16.3. The second-order valence-electron chi connectivity index (χ2n) is 11.5. The van der Waals surface area contributed by atoms with Crippen molar-refractivity contribution in [1.29, 1.82) is 0 Å². The minimum Gasteiger partial charge on any atom is -0.508 e. The molecule has 1 saturated carbocycles. The maximum atomic E-state index is 10.6. The van der Waals surface area contributed by atoms with Gasteiger partial charge in [0.2, 0.25) is 0 Å². The van der Waals surface area contributed by atoms with Gasteiger partial charge >= 0.3 is 0 Å². The maximum absolute atomic E-state index is 10.6. The Morgan fingerprint density at radius 2 is 1.24 bits per heavy atom. The first-order valence-corrected chi connectivity index (χ1v) is 13.4. The van der Waals surface area contributed by atoms with Crippen molar-refractivity contribution in [1.82, 2.24) is 0 Å². The Labute approximate surface area is 202 Å². The number of hydrogen-bond donors (Lipinski definition) is 2. The Balaban J connectivity index is 2.09. The molecule has 182 valence electrons. The number of phenols is 2. The molecule has 0 heterocycles. The number of rotatable bonds is 10. The summed E-state index contributed by atoms with van der Waals surface area (Å²) in [6.45, 7) is 11.6. The standard InChI is InChI=1S/C31H46O2/c1-6-8-10-12-24-18-26(14-16-28(24)32)31(21-23(3)20-30(4,5)22-31)27-15-17-29(33)25(19-27)13-11-9-7-2/h14-19,23,32-33H,6-13,20-22H2,1-5H3. The molecule has 0 bridgehead atoms. The Morgan fingerprint density at radius 1 is 0.758 bits per heavy atom. The van der Waals surface area contributed by atoms with Gasteiger partial charge in [0.25, 0.3) is 0 Å². The van der Waals surface area contributed by atoms with Crippen molar-refractivity contribution < 1.29 is 10.2 Å². The molecule has 2 nitrogen and oxygen atoms in total. The fourth-order valence-electron chi connectivity index (χ4n) is 6.48. The van der Waals surface area contributed by atoms with Crippen LogP contribution in [0.3, 0.4) is 0 Å². The highest BCUT2D eigenvalue weighted by Crippen LogP contribution is 2.54. The van der Waals surface area contributed by atoms with Gasteiger partial charge in [0.15, 0.2) is 0 Å². The van der Waals surface area contributed by atoms with Gasteiger partial charge in [-0.15, -0.1) is 0 Å². The molecule has 2 heteroatoms. The van der Waals surface area contributed by atoms with E-state index >= 15 is 0 Å². The first-order chi connectivity index (χ1) is 15.7. The van der Waals surface area contributed by atoms with Gasteiger partial charge in [-0.05, 0) is 90.7 Å². The lowest BCUT2D eigenvalue weighted by molar-refractivity contribution is 0.126. The van der Waals surface area contributed by atoms with Crippen molar-refractivity contribution in [3.8, 4) is 11.5 Å². The van der Waals surface area contributed by atoms with E-state index in [-0.39, 0.29) is 10.8 Å². The van der Waals surface area contributed by atoms with Gasteiger partial charge in [-0.1, -0.05) is 84.6 Å². The predicted molar refractivity (Wildman–Crippen MR) is 140 cm³/mol. The highest BCUT2D eigenvalue weighted by molar-refractivity contribution is 5.49. The van der Waals surface area contributed by atoms with E-state index in [9.17, 15) is 10.2 Å². The average Bonchev–Trinajstić information content (AvgIpc) is 2.75. The third-order valence-corrected chi connectivity index (χ3v) is 7.74. The van der Waals surface area contributed by atoms with Crippen molar-refractivity contribution in [2.45, 2.75) is 111 Å². The first kappa shape index (κ1) is 25.7. The monoisotopic (exact) mass is 450 g/mol. The normalized spacial score (nSPS) is 19.5. The van der Waals surface area contributed by atoms with Gasteiger partial charge in [-0.2, -0.15) is 0 Å². The van der Waals surface area contributed by atoms with Gasteiger partial charge < -0.3 is 10.2 Å². The molecule has 2 aromatic carbocycles. The zero-order valence-corrected chi connectivity index (χ0v) is 21.7. The number of aromatic hydroxyl groups is 2. The minimum absolute atomic E-state index is 0.0957. The van der Waals surface area contributed by atoms with Gasteiger partial charge in [0, 0.05) is 5.41 Å². The van der Waals surface area contributed by atoms with Crippen LogP contribution < -0.4 is 0 Å². The molecule has 3 rings (SSSR count). The molecule has 0 saturated heterocycles. The second kappa shape index (κ2) is 11.0. The number of unbranched alkanes of at least 4 members (excludes halogenated alkanes) is 4. The molecule has 0 amide bonds. The van der Waals surface area contributed by atoms with Crippen molar-refractivity contribution in [3.63, 3.8) is 0 Å². The van der Waals surface area contributed by atoms with E-state index in [1.807, 2.05) is 12.1 Å². The summed E-state index contributed by atoms with van der Waals surface area (Å²) in [6.07, 6.45) is 12.3. The largest absolute Gasteiger partial charge is 0.508 e. The summed E-state index contributed by atoms with van der Waals surface area (Å²) in [5, 5.41) is 21.2. The van der Waals surface area contributed by atoms with Crippen LogP contribution in [-0.2, 0) is 18.3 Å². The van der Waals surface area contributed by atoms with Crippen molar-refractivity contribution in [2.75, 3.05) is 0 Å². The Morgan fingerprint density at radius 3 is 1.67 bits per heavy atom. The van der Waals surface area contributed by atoms with Gasteiger partial charge in [0.05, 0.1) is 0 Å². The van der Waals surface area contributed by atoms with Crippen LogP contribution >= 0.6 is 0 Å². The van der Waals surface area contributed by atoms with Crippen molar-refractivity contribution in [2.24, 2.45) is 11.3 Å². The van der Waals surface area contributed by atoms with Gasteiger partial charge in [-0.3, -0.25) is 0 Å². The maximum Gasteiger partial charge on any atom is 0.118 e. The smallest absolute Gasteiger partial charge is 0.118 e. The van der Waals surface area contributed by atoms with Crippen LogP contribution in [0.1, 0.15) is 115 Å². The molecule has 33 heavy (non-hydrogen) atoms. The van der Waals surface area contributed by atoms with Crippen LogP contribution in [-0.4, -0.2) is 10.2 Å². The summed E-state index contributed by atoms with van der Waals surface area (Å²) in [5.41, 5.74) is 4.96. The Bertz CT molecular complexity index is 852. The molecule has 1 aliphatic carbocycles. The molecular weight excluding hydrogens is 404 g/mol. The van der Waals surface area contributed by atoms with Gasteiger partial charge in [-0.25, -0.2) is 0 Å². The summed E-state index contributed by atoms with van der Waals surface area (Å²) in [6, 6.07) is 12.8. The molecular formula is C31H46O2. The minimum atomic E-state index is -0.0957. The van der Waals surface area contributed by atoms with Gasteiger partial charge in [0.1, 0.15) is 11.5 Å². The molecule has 1 atom stereocenters. The second-order valence-corrected chi connectivity index (χ2v) is 11.5. The van der Waals surface area contributed by atoms with Crippen molar-refractivity contribution >= 4 is 0 Å². The lowest BCUT2D eigenvalue weighted by atomic mass is 9.55. The predicted octanol–water partition coefficient (Wildman–Crippen LogP) is 8.70. The Kier molecular flexibility index (Phi) is 8.54. The molecule has 0 aromatic heterocycles. The van der Waals surface area contributed by atoms with Crippen LogP contribution in [0, 0.1) is 11.3 Å². The summed E-state index contributed by atoms with van der Waals surface area (Å²) < 4.78 is 0. The van der Waals surface area contributed by atoms with Crippen LogP contribution in [0.4, 0.5) is 0 Å². The molecule has 0 radical (unpaired) electrons. The summed E-state index contributed by atoms with van der Waals surface area (Å²) in [5.74, 6) is 1.47. The summed E-state index contributed by atoms with van der Waals surface area (Å²) in [4.78, 5) is 0. The third-order valence-electron chi connectivity index (χ3n) is 7.74. The van der Waals surface area contributed by atoms with Crippen molar-refractivity contribution in [3.05, 3.63) is 58.7 Å². The van der Waals surface area contributed by atoms with E-state index in [0.717, 1.165) is 49.7 Å². The zero-order chi connectivity index (χ0) is 24.1.